The Morgan fingerprint density at radius 3 is 2.72 bits per heavy atom. The molecule has 0 aromatic carbocycles. The van der Waals surface area contributed by atoms with Gasteiger partial charge < -0.3 is 5.11 Å². The Morgan fingerprint density at radius 2 is 2.11 bits per heavy atom. The monoisotopic (exact) mass is 246 g/mol. The fraction of sp³-hybridized carbons (Fsp3) is 0.333. The summed E-state index contributed by atoms with van der Waals surface area (Å²) < 4.78 is 1.64. The zero-order valence-electron chi connectivity index (χ0n) is 10.1. The number of hydrogen-bond acceptors (Lipinski definition) is 4. The van der Waals surface area contributed by atoms with E-state index in [0.29, 0.717) is 12.2 Å². The molecule has 1 N–H and O–H groups in total. The first-order valence-electron chi connectivity index (χ1n) is 5.81. The molecule has 2 rings (SSSR count). The van der Waals surface area contributed by atoms with Crippen LogP contribution in [0.15, 0.2) is 24.5 Å². The summed E-state index contributed by atoms with van der Waals surface area (Å²) in [5, 5.41) is 16.8. The van der Waals surface area contributed by atoms with E-state index in [1.807, 2.05) is 0 Å². The number of aromatic carboxylic acids is 1. The molecule has 0 unspecified atom stereocenters. The predicted molar refractivity (Wildman–Crippen MR) is 65.1 cm³/mol. The van der Waals surface area contributed by atoms with Gasteiger partial charge in [-0.1, -0.05) is 18.6 Å². The van der Waals surface area contributed by atoms with Crippen molar-refractivity contribution in [1.82, 2.24) is 20.0 Å². The zero-order chi connectivity index (χ0) is 13.0. The van der Waals surface area contributed by atoms with E-state index in [-0.39, 0.29) is 5.69 Å². The van der Waals surface area contributed by atoms with E-state index >= 15 is 0 Å². The lowest BCUT2D eigenvalue weighted by Crippen LogP contribution is -2.05. The summed E-state index contributed by atoms with van der Waals surface area (Å²) in [6.45, 7) is 2.73. The van der Waals surface area contributed by atoms with Crippen LogP contribution in [-0.2, 0) is 6.54 Å². The topological polar surface area (TPSA) is 80.9 Å². The number of hydrogen-bond donors (Lipinski definition) is 1. The Morgan fingerprint density at radius 1 is 1.39 bits per heavy atom. The third kappa shape index (κ3) is 2.37. The number of carboxylic acid groups (broad SMARTS) is 1. The maximum atomic E-state index is 11.2. The van der Waals surface area contributed by atoms with Crippen LogP contribution in [0.25, 0.3) is 11.3 Å². The number of nitrogens with zero attached hydrogens (tertiary/aromatic N) is 4. The average molecular weight is 246 g/mol. The molecule has 0 aliphatic rings. The highest BCUT2D eigenvalue weighted by Crippen LogP contribution is 2.21. The third-order valence-electron chi connectivity index (χ3n) is 2.61. The van der Waals surface area contributed by atoms with Crippen LogP contribution in [0, 0.1) is 0 Å². The van der Waals surface area contributed by atoms with Crippen molar-refractivity contribution in [3.63, 3.8) is 0 Å². The molecule has 6 heteroatoms. The second-order valence-electron chi connectivity index (χ2n) is 3.90. The van der Waals surface area contributed by atoms with Gasteiger partial charge in [-0.15, -0.1) is 5.10 Å². The van der Waals surface area contributed by atoms with Gasteiger partial charge >= 0.3 is 5.97 Å². The highest BCUT2D eigenvalue weighted by atomic mass is 16.4. The molecule has 2 heterocycles. The molecular weight excluding hydrogens is 232 g/mol. The van der Waals surface area contributed by atoms with E-state index in [2.05, 4.69) is 22.2 Å². The van der Waals surface area contributed by atoms with E-state index in [4.69, 9.17) is 5.11 Å². The Balaban J connectivity index is 2.47. The second kappa shape index (κ2) is 5.39. The Kier molecular flexibility index (Phi) is 3.66. The molecule has 0 saturated heterocycles. The maximum absolute atomic E-state index is 11.2. The van der Waals surface area contributed by atoms with E-state index < -0.39 is 5.97 Å². The zero-order valence-corrected chi connectivity index (χ0v) is 10.1. The van der Waals surface area contributed by atoms with Crippen molar-refractivity contribution in [2.24, 2.45) is 0 Å². The van der Waals surface area contributed by atoms with Gasteiger partial charge in [-0.3, -0.25) is 4.98 Å². The van der Waals surface area contributed by atoms with Crippen LogP contribution >= 0.6 is 0 Å². The summed E-state index contributed by atoms with van der Waals surface area (Å²) in [6.07, 6.45) is 5.19. The number of carbonyl (C=O) groups is 1. The predicted octanol–water partition coefficient (Wildman–Crippen LogP) is 1.84. The van der Waals surface area contributed by atoms with E-state index in [1.54, 1.807) is 29.2 Å². The number of carboxylic acids is 1. The van der Waals surface area contributed by atoms with Crippen LogP contribution in [0.1, 0.15) is 30.3 Å². The van der Waals surface area contributed by atoms with Gasteiger partial charge in [0.1, 0.15) is 5.69 Å². The molecule has 2 aromatic heterocycles. The molecule has 0 aliphatic carbocycles. The van der Waals surface area contributed by atoms with Gasteiger partial charge in [0.25, 0.3) is 0 Å². The van der Waals surface area contributed by atoms with Crippen LogP contribution in [0.5, 0.6) is 0 Å². The smallest absolute Gasteiger partial charge is 0.358 e. The molecule has 0 bridgehead atoms. The standard InChI is InChI=1S/C12H14N4O2/c1-2-3-8-16-11(9-4-6-13-7-5-9)10(12(17)18)14-15-16/h4-7H,2-3,8H2,1H3,(H,17,18). The molecule has 0 atom stereocenters. The molecular formula is C12H14N4O2. The number of aromatic nitrogens is 4. The summed E-state index contributed by atoms with van der Waals surface area (Å²) in [7, 11) is 0. The molecule has 0 fully saturated rings. The number of aryl methyl sites for hydroxylation is 1. The normalized spacial score (nSPS) is 10.5. The molecule has 6 nitrogen and oxygen atoms in total. The van der Waals surface area contributed by atoms with Gasteiger partial charge in [0.05, 0.1) is 0 Å². The number of unbranched alkanes of at least 4 members (excludes halogenated alkanes) is 1. The van der Waals surface area contributed by atoms with Crippen molar-refractivity contribution >= 4 is 5.97 Å². The lowest BCUT2D eigenvalue weighted by molar-refractivity contribution is 0.0691. The Hall–Kier alpha value is -2.24. The summed E-state index contributed by atoms with van der Waals surface area (Å²) in [6, 6.07) is 3.52. The van der Waals surface area contributed by atoms with Crippen LogP contribution in [-0.4, -0.2) is 31.1 Å². The van der Waals surface area contributed by atoms with Crippen molar-refractivity contribution in [2.45, 2.75) is 26.3 Å². The fourth-order valence-corrected chi connectivity index (χ4v) is 1.72. The van der Waals surface area contributed by atoms with Crippen molar-refractivity contribution in [3.05, 3.63) is 30.2 Å². The summed E-state index contributed by atoms with van der Waals surface area (Å²) in [4.78, 5) is 15.1. The Bertz CT molecular complexity index is 536. The molecule has 0 amide bonds. The van der Waals surface area contributed by atoms with Crippen LogP contribution in [0.4, 0.5) is 0 Å². The van der Waals surface area contributed by atoms with Crippen LogP contribution in [0.3, 0.4) is 0 Å². The van der Waals surface area contributed by atoms with Crippen LogP contribution < -0.4 is 0 Å². The highest BCUT2D eigenvalue weighted by Gasteiger charge is 2.19. The molecule has 2 aromatic rings. The fourth-order valence-electron chi connectivity index (χ4n) is 1.72. The van der Waals surface area contributed by atoms with E-state index in [1.165, 1.54) is 0 Å². The number of rotatable bonds is 5. The highest BCUT2D eigenvalue weighted by molar-refractivity contribution is 5.92. The summed E-state index contributed by atoms with van der Waals surface area (Å²) >= 11 is 0. The molecule has 0 spiro atoms. The maximum Gasteiger partial charge on any atom is 0.358 e. The third-order valence-corrected chi connectivity index (χ3v) is 2.61. The summed E-state index contributed by atoms with van der Waals surface area (Å²) in [5.74, 6) is -1.07. The van der Waals surface area contributed by atoms with Crippen LogP contribution in [0.2, 0.25) is 0 Å². The van der Waals surface area contributed by atoms with Gasteiger partial charge in [-0.05, 0) is 18.6 Å². The van der Waals surface area contributed by atoms with Crippen molar-refractivity contribution in [2.75, 3.05) is 0 Å². The molecule has 0 aliphatic heterocycles. The minimum absolute atomic E-state index is 0.0164. The minimum Gasteiger partial charge on any atom is -0.476 e. The molecule has 0 radical (unpaired) electrons. The lowest BCUT2D eigenvalue weighted by Gasteiger charge is -2.06. The lowest BCUT2D eigenvalue weighted by atomic mass is 10.1. The van der Waals surface area contributed by atoms with Gasteiger partial charge in [-0.25, -0.2) is 9.48 Å². The van der Waals surface area contributed by atoms with E-state index in [9.17, 15) is 4.79 Å². The number of pyridine rings is 1. The van der Waals surface area contributed by atoms with E-state index in [0.717, 1.165) is 18.4 Å². The molecule has 18 heavy (non-hydrogen) atoms. The second-order valence-corrected chi connectivity index (χ2v) is 3.90. The van der Waals surface area contributed by atoms with Gasteiger partial charge in [0.15, 0.2) is 5.69 Å². The van der Waals surface area contributed by atoms with Gasteiger partial charge in [-0.2, -0.15) is 0 Å². The molecule has 94 valence electrons. The van der Waals surface area contributed by atoms with Crippen molar-refractivity contribution in [3.8, 4) is 11.3 Å². The average Bonchev–Trinajstić information content (AvgIpc) is 2.81. The first kappa shape index (κ1) is 12.2. The Labute approximate surface area is 104 Å². The molecule has 0 saturated carbocycles. The quantitative estimate of drug-likeness (QED) is 0.870. The van der Waals surface area contributed by atoms with Crippen molar-refractivity contribution < 1.29 is 9.90 Å². The van der Waals surface area contributed by atoms with Gasteiger partial charge in [0.2, 0.25) is 0 Å². The summed E-state index contributed by atoms with van der Waals surface area (Å²) in [5.41, 5.74) is 1.29. The SMILES string of the molecule is CCCCn1nnc(C(=O)O)c1-c1ccncc1. The first-order chi connectivity index (χ1) is 8.74. The largest absolute Gasteiger partial charge is 0.476 e. The first-order valence-corrected chi connectivity index (χ1v) is 5.81. The van der Waals surface area contributed by atoms with Crippen molar-refractivity contribution in [1.29, 1.82) is 0 Å². The van der Waals surface area contributed by atoms with Gasteiger partial charge in [0, 0.05) is 24.5 Å². The minimum atomic E-state index is -1.07.